The summed E-state index contributed by atoms with van der Waals surface area (Å²) in [5, 5.41) is 9.83. The van der Waals surface area contributed by atoms with E-state index >= 15 is 0 Å². The molecule has 0 bridgehead atoms. The summed E-state index contributed by atoms with van der Waals surface area (Å²) in [7, 11) is 0. The van der Waals surface area contributed by atoms with E-state index in [0.29, 0.717) is 29.6 Å². The average Bonchev–Trinajstić information content (AvgIpc) is 3.19. The molecule has 10 atom stereocenters. The van der Waals surface area contributed by atoms with Gasteiger partial charge in [0, 0.05) is 5.88 Å². The first-order valence-corrected chi connectivity index (χ1v) is 15.8. The Hall–Kier alpha value is -0.760. The number of fused-ring (bicyclic) bond motifs is 5. The third-order valence-electron chi connectivity index (χ3n) is 12.1. The summed E-state index contributed by atoms with van der Waals surface area (Å²) in [5.41, 5.74) is 2.34. The number of hydrogen-bond acceptors (Lipinski definition) is 1. The molecule has 3 saturated carbocycles. The second-order valence-corrected chi connectivity index (χ2v) is 14.4. The second-order valence-electron chi connectivity index (χ2n) is 14.0. The number of allylic oxidation sites excluding steroid dienone is 4. The topological polar surface area (TPSA) is 37.3 Å². The van der Waals surface area contributed by atoms with Crippen LogP contribution in [0.3, 0.4) is 0 Å². The molecule has 4 aliphatic rings. The number of hydrogen-bond donors (Lipinski definition) is 1. The summed E-state index contributed by atoms with van der Waals surface area (Å²) >= 11 is 5.99. The predicted octanol–water partition coefficient (Wildman–Crippen LogP) is 9.39. The zero-order valence-electron chi connectivity index (χ0n) is 23.9. The van der Waals surface area contributed by atoms with Gasteiger partial charge in [0.2, 0.25) is 0 Å². The van der Waals surface area contributed by atoms with E-state index in [2.05, 4.69) is 59.8 Å². The van der Waals surface area contributed by atoms with Gasteiger partial charge in [-0.3, -0.25) is 4.79 Å². The fourth-order valence-corrected chi connectivity index (χ4v) is 10.1. The first kappa shape index (κ1) is 28.3. The first-order valence-electron chi connectivity index (χ1n) is 15.2. The van der Waals surface area contributed by atoms with Crippen LogP contribution in [0.25, 0.3) is 0 Å². The maximum atomic E-state index is 12.0. The molecule has 204 valence electrons. The van der Waals surface area contributed by atoms with E-state index < -0.39 is 5.97 Å². The highest BCUT2D eigenvalue weighted by Gasteiger charge is 2.59. The minimum atomic E-state index is -0.647. The molecule has 0 aromatic carbocycles. The fraction of sp³-hybridized carbons (Fsp3) is 0.848. The lowest BCUT2D eigenvalue weighted by Gasteiger charge is -2.58. The zero-order valence-corrected chi connectivity index (χ0v) is 24.7. The Morgan fingerprint density at radius 3 is 2.50 bits per heavy atom. The van der Waals surface area contributed by atoms with Crippen molar-refractivity contribution in [2.45, 2.75) is 106 Å². The molecule has 4 aliphatic carbocycles. The van der Waals surface area contributed by atoms with Gasteiger partial charge >= 0.3 is 5.97 Å². The van der Waals surface area contributed by atoms with Crippen molar-refractivity contribution in [1.29, 1.82) is 0 Å². The summed E-state index contributed by atoms with van der Waals surface area (Å²) < 4.78 is 0. The Morgan fingerprint density at radius 1 is 1.11 bits per heavy atom. The summed E-state index contributed by atoms with van der Waals surface area (Å²) in [6.45, 7) is 14.7. The van der Waals surface area contributed by atoms with Gasteiger partial charge in [0.1, 0.15) is 0 Å². The van der Waals surface area contributed by atoms with Crippen LogP contribution in [-0.4, -0.2) is 17.0 Å². The summed E-state index contributed by atoms with van der Waals surface area (Å²) in [6, 6.07) is 0. The largest absolute Gasteiger partial charge is 0.481 e. The van der Waals surface area contributed by atoms with Crippen molar-refractivity contribution < 1.29 is 9.90 Å². The van der Waals surface area contributed by atoms with Gasteiger partial charge < -0.3 is 5.11 Å². The molecule has 2 nitrogen and oxygen atoms in total. The molecule has 0 aromatic rings. The predicted molar refractivity (Wildman–Crippen MR) is 152 cm³/mol. The molecule has 4 rings (SSSR count). The molecule has 0 spiro atoms. The molecule has 0 heterocycles. The highest BCUT2D eigenvalue weighted by molar-refractivity contribution is 6.17. The minimum absolute atomic E-state index is 0.257. The van der Waals surface area contributed by atoms with Crippen LogP contribution in [0.1, 0.15) is 106 Å². The number of carboxylic acids is 1. The van der Waals surface area contributed by atoms with Crippen LogP contribution in [0.2, 0.25) is 0 Å². The molecular formula is C33H53ClO2. The van der Waals surface area contributed by atoms with Gasteiger partial charge in [-0.05, 0) is 122 Å². The zero-order chi connectivity index (χ0) is 26.3. The van der Waals surface area contributed by atoms with Crippen molar-refractivity contribution in [2.24, 2.45) is 64.1 Å². The van der Waals surface area contributed by atoms with Crippen LogP contribution in [0.4, 0.5) is 0 Å². The van der Waals surface area contributed by atoms with Crippen molar-refractivity contribution in [2.75, 3.05) is 5.88 Å². The highest BCUT2D eigenvalue weighted by atomic mass is 35.5. The van der Waals surface area contributed by atoms with Gasteiger partial charge in [0.15, 0.2) is 0 Å². The summed E-state index contributed by atoms with van der Waals surface area (Å²) in [6.07, 6.45) is 19.5. The van der Waals surface area contributed by atoms with Gasteiger partial charge in [-0.1, -0.05) is 65.3 Å². The van der Waals surface area contributed by atoms with E-state index in [0.717, 1.165) is 48.9 Å². The van der Waals surface area contributed by atoms with Crippen molar-refractivity contribution in [1.82, 2.24) is 0 Å². The van der Waals surface area contributed by atoms with Gasteiger partial charge in [0.25, 0.3) is 0 Å². The molecular weight excluding hydrogens is 464 g/mol. The lowest BCUT2D eigenvalue weighted by Crippen LogP contribution is -2.50. The molecule has 3 fully saturated rings. The molecule has 0 saturated heterocycles. The van der Waals surface area contributed by atoms with E-state index in [1.807, 2.05) is 0 Å². The number of carboxylic acid groups (broad SMARTS) is 1. The van der Waals surface area contributed by atoms with Crippen LogP contribution >= 0.6 is 11.6 Å². The second kappa shape index (κ2) is 11.2. The van der Waals surface area contributed by atoms with Crippen LogP contribution in [0.15, 0.2) is 23.8 Å². The highest BCUT2D eigenvalue weighted by Crippen LogP contribution is 2.67. The maximum Gasteiger partial charge on any atom is 0.306 e. The van der Waals surface area contributed by atoms with Crippen molar-refractivity contribution in [3.05, 3.63) is 23.8 Å². The number of halogens is 1. The Bertz CT molecular complexity index is 845. The third-order valence-corrected chi connectivity index (χ3v) is 12.4. The molecule has 0 radical (unpaired) electrons. The molecule has 1 N–H and O–H groups in total. The quantitative estimate of drug-likeness (QED) is 0.244. The maximum absolute atomic E-state index is 12.0. The standard InChI is InChI=1S/C33H53ClO2/c1-7-23(21(2)3)9-8-22(4)28-12-13-29-27-11-10-25-20-24(26(16-19-34)31(35)36)14-17-32(25,5)30(27)15-18-33(28,29)6/h8-10,21-24,26-30H,7,11-20H2,1-6H3,(H,35,36)/b9-8+/t22-,23-,24+,26?,27+,28-,29+,30+,32+,33-/m1/s1. The van der Waals surface area contributed by atoms with Gasteiger partial charge in [-0.2, -0.15) is 0 Å². The van der Waals surface area contributed by atoms with E-state index in [-0.39, 0.29) is 17.3 Å². The molecule has 0 amide bonds. The summed E-state index contributed by atoms with van der Waals surface area (Å²) in [5.74, 6) is 5.11. The van der Waals surface area contributed by atoms with E-state index in [1.54, 1.807) is 5.57 Å². The first-order chi connectivity index (χ1) is 17.1. The number of alkyl halides is 1. The number of aliphatic carboxylic acids is 1. The smallest absolute Gasteiger partial charge is 0.306 e. The molecule has 1 unspecified atom stereocenters. The Labute approximate surface area is 226 Å². The SMILES string of the molecule is CC[C@H](/C=C/[C@@H](C)[C@H]1CC[C@H]2[C@@H]3CC=C4C[C@@H](C(CCCl)C(=O)O)CC[C@]4(C)[C@H]3CC[C@]12C)C(C)C. The molecule has 3 heteroatoms. The minimum Gasteiger partial charge on any atom is -0.481 e. The van der Waals surface area contributed by atoms with Crippen LogP contribution < -0.4 is 0 Å². The van der Waals surface area contributed by atoms with E-state index in [4.69, 9.17) is 11.6 Å². The molecule has 36 heavy (non-hydrogen) atoms. The van der Waals surface area contributed by atoms with Crippen LogP contribution in [0, 0.1) is 64.1 Å². The van der Waals surface area contributed by atoms with E-state index in [1.165, 1.54) is 38.5 Å². The lowest BCUT2D eigenvalue weighted by molar-refractivity contribution is -0.144. The van der Waals surface area contributed by atoms with Crippen LogP contribution in [-0.2, 0) is 4.79 Å². The van der Waals surface area contributed by atoms with Crippen molar-refractivity contribution >= 4 is 17.6 Å². The Kier molecular flexibility index (Phi) is 8.75. The fourth-order valence-electron chi connectivity index (χ4n) is 9.90. The number of carbonyl (C=O) groups is 1. The average molecular weight is 517 g/mol. The van der Waals surface area contributed by atoms with Gasteiger partial charge in [-0.25, -0.2) is 0 Å². The van der Waals surface area contributed by atoms with Crippen molar-refractivity contribution in [3.63, 3.8) is 0 Å². The normalized spacial score (nSPS) is 40.8. The van der Waals surface area contributed by atoms with Gasteiger partial charge in [0.05, 0.1) is 5.92 Å². The molecule has 0 aliphatic heterocycles. The van der Waals surface area contributed by atoms with Gasteiger partial charge in [-0.15, -0.1) is 11.6 Å². The summed E-state index contributed by atoms with van der Waals surface area (Å²) in [4.78, 5) is 12.0. The number of rotatable bonds is 9. The Morgan fingerprint density at radius 2 is 1.86 bits per heavy atom. The monoisotopic (exact) mass is 516 g/mol. The lowest BCUT2D eigenvalue weighted by atomic mass is 9.46. The van der Waals surface area contributed by atoms with Crippen LogP contribution in [0.5, 0.6) is 0 Å². The molecule has 0 aromatic heterocycles. The van der Waals surface area contributed by atoms with E-state index in [9.17, 15) is 9.90 Å². The third kappa shape index (κ3) is 4.99. The van der Waals surface area contributed by atoms with Crippen molar-refractivity contribution in [3.8, 4) is 0 Å². The Balaban J connectivity index is 1.50.